The molecule has 1 amide bonds. The molecule has 24 heavy (non-hydrogen) atoms. The van der Waals surface area contributed by atoms with Gasteiger partial charge in [-0.05, 0) is 25.1 Å². The second kappa shape index (κ2) is 6.67. The smallest absolute Gasteiger partial charge is 0.259 e. The van der Waals surface area contributed by atoms with E-state index in [-0.39, 0.29) is 23.9 Å². The van der Waals surface area contributed by atoms with E-state index in [1.807, 2.05) is 0 Å². The summed E-state index contributed by atoms with van der Waals surface area (Å²) in [5.74, 6) is 0.399. The highest BCUT2D eigenvalue weighted by Crippen LogP contribution is 2.20. The van der Waals surface area contributed by atoms with Crippen molar-refractivity contribution in [3.63, 3.8) is 0 Å². The molecule has 1 aromatic carbocycles. The van der Waals surface area contributed by atoms with Crippen LogP contribution in [0.1, 0.15) is 5.82 Å². The summed E-state index contributed by atoms with van der Waals surface area (Å²) in [4.78, 5) is 28.2. The van der Waals surface area contributed by atoms with Gasteiger partial charge in [0.05, 0.1) is 16.3 Å². The molecule has 0 radical (unpaired) electrons. The van der Waals surface area contributed by atoms with E-state index in [1.165, 1.54) is 16.8 Å². The number of rotatable bonds is 4. The molecule has 0 unspecified atom stereocenters. The van der Waals surface area contributed by atoms with Crippen LogP contribution in [-0.4, -0.2) is 20.6 Å². The minimum atomic E-state index is -0.371. The van der Waals surface area contributed by atoms with Gasteiger partial charge in [0.25, 0.3) is 11.4 Å². The normalized spacial score (nSPS) is 10.6. The summed E-state index contributed by atoms with van der Waals surface area (Å²) in [5.41, 5.74) is 0.728. The van der Waals surface area contributed by atoms with Crippen molar-refractivity contribution in [2.45, 2.75) is 13.5 Å². The van der Waals surface area contributed by atoms with Crippen molar-refractivity contribution in [2.75, 3.05) is 5.32 Å². The van der Waals surface area contributed by atoms with Gasteiger partial charge >= 0.3 is 0 Å². The van der Waals surface area contributed by atoms with Crippen LogP contribution in [0.3, 0.4) is 0 Å². The van der Waals surface area contributed by atoms with Crippen molar-refractivity contribution in [3.05, 3.63) is 63.8 Å². The Bertz CT molecular complexity index is 948. The van der Waals surface area contributed by atoms with Crippen LogP contribution in [-0.2, 0) is 11.3 Å². The number of benzene rings is 1. The topological polar surface area (TPSA) is 90.0 Å². The van der Waals surface area contributed by atoms with Gasteiger partial charge in [-0.15, -0.1) is 0 Å². The fourth-order valence-electron chi connectivity index (χ4n) is 2.10. The predicted octanol–water partition coefficient (Wildman–Crippen LogP) is 2.50. The van der Waals surface area contributed by atoms with E-state index in [0.717, 1.165) is 0 Å². The van der Waals surface area contributed by atoms with Crippen LogP contribution in [0, 0.1) is 6.92 Å². The average Bonchev–Trinajstić information content (AvgIpc) is 2.98. The van der Waals surface area contributed by atoms with E-state index >= 15 is 0 Å². The second-order valence-electron chi connectivity index (χ2n) is 5.06. The monoisotopic (exact) mass is 344 g/mol. The summed E-state index contributed by atoms with van der Waals surface area (Å²) in [6.45, 7) is 1.53. The molecule has 0 fully saturated rings. The number of carbonyl (C=O) groups excluding carboxylic acids is 1. The van der Waals surface area contributed by atoms with Crippen molar-refractivity contribution >= 4 is 23.2 Å². The number of nitrogens with one attached hydrogen (secondary N) is 1. The lowest BCUT2D eigenvalue weighted by Gasteiger charge is -2.09. The van der Waals surface area contributed by atoms with E-state index in [1.54, 1.807) is 37.3 Å². The van der Waals surface area contributed by atoms with Gasteiger partial charge in [0.1, 0.15) is 6.54 Å². The molecular formula is C16H13ClN4O3. The van der Waals surface area contributed by atoms with Crippen LogP contribution in [0.15, 0.2) is 51.9 Å². The van der Waals surface area contributed by atoms with Crippen LogP contribution in [0.25, 0.3) is 11.5 Å². The zero-order valence-electron chi connectivity index (χ0n) is 12.7. The molecule has 0 aliphatic rings. The van der Waals surface area contributed by atoms with Crippen molar-refractivity contribution in [1.82, 2.24) is 14.7 Å². The minimum Gasteiger partial charge on any atom is -0.334 e. The molecule has 8 heteroatoms. The van der Waals surface area contributed by atoms with Gasteiger partial charge in [0.2, 0.25) is 5.91 Å². The van der Waals surface area contributed by atoms with Crippen molar-refractivity contribution in [2.24, 2.45) is 0 Å². The maximum absolute atomic E-state index is 12.2. The number of anilines is 1. The summed E-state index contributed by atoms with van der Waals surface area (Å²) in [5, 5.41) is 6.80. The van der Waals surface area contributed by atoms with Gasteiger partial charge in [-0.3, -0.25) is 9.59 Å². The Morgan fingerprint density at radius 3 is 2.79 bits per heavy atom. The van der Waals surface area contributed by atoms with Crippen LogP contribution in [0.5, 0.6) is 0 Å². The molecule has 0 atom stereocenters. The maximum Gasteiger partial charge on any atom is 0.259 e. The van der Waals surface area contributed by atoms with Crippen LogP contribution in [0.2, 0.25) is 5.02 Å². The lowest BCUT2D eigenvalue weighted by Crippen LogP contribution is -2.26. The number of halogens is 1. The number of hydrogen-bond donors (Lipinski definition) is 1. The number of nitrogens with zero attached hydrogens (tertiary/aromatic N) is 3. The molecule has 2 heterocycles. The molecule has 122 valence electrons. The minimum absolute atomic E-state index is 0.162. The number of hydrogen-bond acceptors (Lipinski definition) is 5. The number of pyridine rings is 1. The Kier molecular flexibility index (Phi) is 4.43. The Labute approximate surface area is 141 Å². The first-order chi connectivity index (χ1) is 11.5. The Hall–Kier alpha value is -2.93. The molecule has 0 saturated heterocycles. The zero-order chi connectivity index (χ0) is 17.1. The van der Waals surface area contributed by atoms with Gasteiger partial charge in [0, 0.05) is 12.3 Å². The molecule has 0 aliphatic heterocycles. The standard InChI is InChI=1S/C16H13ClN4O3/c1-10-18-16(24-20-10)11-6-7-15(23)21(8-11)9-14(22)19-13-5-3-2-4-12(13)17/h2-8H,9H2,1H3,(H,19,22). The number of amides is 1. The fraction of sp³-hybridized carbons (Fsp3) is 0.125. The summed E-state index contributed by atoms with van der Waals surface area (Å²) < 4.78 is 6.33. The lowest BCUT2D eigenvalue weighted by atomic mass is 10.2. The largest absolute Gasteiger partial charge is 0.334 e. The predicted molar refractivity (Wildman–Crippen MR) is 88.8 cm³/mol. The van der Waals surface area contributed by atoms with E-state index in [0.29, 0.717) is 22.1 Å². The molecule has 0 saturated carbocycles. The molecule has 7 nitrogen and oxygen atoms in total. The van der Waals surface area contributed by atoms with E-state index < -0.39 is 0 Å². The molecule has 2 aromatic heterocycles. The zero-order valence-corrected chi connectivity index (χ0v) is 13.4. The average molecular weight is 345 g/mol. The van der Waals surface area contributed by atoms with Gasteiger partial charge in [-0.1, -0.05) is 28.9 Å². The third-order valence-corrected chi connectivity index (χ3v) is 3.55. The third-order valence-electron chi connectivity index (χ3n) is 3.22. The van der Waals surface area contributed by atoms with Gasteiger partial charge in [0.15, 0.2) is 5.82 Å². The fourth-order valence-corrected chi connectivity index (χ4v) is 2.29. The van der Waals surface area contributed by atoms with E-state index in [4.69, 9.17) is 16.1 Å². The summed E-state index contributed by atoms with van der Waals surface area (Å²) in [6, 6.07) is 9.78. The SMILES string of the molecule is Cc1noc(-c2ccc(=O)n(CC(=O)Nc3ccccc3Cl)c2)n1. The van der Waals surface area contributed by atoms with E-state index in [2.05, 4.69) is 15.5 Å². The highest BCUT2D eigenvalue weighted by Gasteiger charge is 2.11. The first-order valence-electron chi connectivity index (χ1n) is 7.08. The number of aryl methyl sites for hydroxylation is 1. The summed E-state index contributed by atoms with van der Waals surface area (Å²) in [6.07, 6.45) is 1.50. The molecule has 0 bridgehead atoms. The van der Waals surface area contributed by atoms with Gasteiger partial charge in [-0.2, -0.15) is 4.98 Å². The number of aromatic nitrogens is 3. The Balaban J connectivity index is 1.80. The Morgan fingerprint density at radius 2 is 2.08 bits per heavy atom. The van der Waals surface area contributed by atoms with Crippen LogP contribution < -0.4 is 10.9 Å². The van der Waals surface area contributed by atoms with Crippen molar-refractivity contribution in [1.29, 1.82) is 0 Å². The molecule has 0 spiro atoms. The summed E-state index contributed by atoms with van der Waals surface area (Å²) >= 11 is 6.00. The first-order valence-corrected chi connectivity index (χ1v) is 7.46. The second-order valence-corrected chi connectivity index (χ2v) is 5.47. The highest BCUT2D eigenvalue weighted by atomic mass is 35.5. The first kappa shape index (κ1) is 15.9. The molecular weight excluding hydrogens is 332 g/mol. The maximum atomic E-state index is 12.2. The van der Waals surface area contributed by atoms with Crippen molar-refractivity contribution in [3.8, 4) is 11.5 Å². The molecule has 3 aromatic rings. The van der Waals surface area contributed by atoms with Crippen molar-refractivity contribution < 1.29 is 9.32 Å². The van der Waals surface area contributed by atoms with Gasteiger partial charge in [-0.25, -0.2) is 0 Å². The molecule has 0 aliphatic carbocycles. The third kappa shape index (κ3) is 3.52. The number of carbonyl (C=O) groups is 1. The lowest BCUT2D eigenvalue weighted by molar-refractivity contribution is -0.116. The van der Waals surface area contributed by atoms with Crippen LogP contribution >= 0.6 is 11.6 Å². The highest BCUT2D eigenvalue weighted by molar-refractivity contribution is 6.33. The summed E-state index contributed by atoms with van der Waals surface area (Å²) in [7, 11) is 0. The number of para-hydroxylation sites is 1. The van der Waals surface area contributed by atoms with Crippen LogP contribution in [0.4, 0.5) is 5.69 Å². The quantitative estimate of drug-likeness (QED) is 0.785. The van der Waals surface area contributed by atoms with E-state index in [9.17, 15) is 9.59 Å². The molecule has 1 N–H and O–H groups in total. The van der Waals surface area contributed by atoms with Gasteiger partial charge < -0.3 is 14.4 Å². The molecule has 3 rings (SSSR count). The Morgan fingerprint density at radius 1 is 1.29 bits per heavy atom.